The zero-order valence-corrected chi connectivity index (χ0v) is 15.9. The van der Waals surface area contributed by atoms with Gasteiger partial charge in [0.05, 0.1) is 17.2 Å². The number of para-hydroxylation sites is 1. The fourth-order valence-corrected chi connectivity index (χ4v) is 2.91. The number of hydrogen-bond donors (Lipinski definition) is 2. The van der Waals surface area contributed by atoms with Crippen LogP contribution in [0.2, 0.25) is 10.0 Å². The summed E-state index contributed by atoms with van der Waals surface area (Å²) < 4.78 is 11.1. The molecular formula is C19H16Cl2N2O4. The van der Waals surface area contributed by atoms with Gasteiger partial charge in [-0.3, -0.25) is 20.4 Å². The van der Waals surface area contributed by atoms with Gasteiger partial charge in [0, 0.05) is 22.6 Å². The number of nitrogens with one attached hydrogen (secondary N) is 2. The number of furan rings is 1. The van der Waals surface area contributed by atoms with Crippen molar-refractivity contribution in [3.63, 3.8) is 0 Å². The van der Waals surface area contributed by atoms with Crippen LogP contribution in [0, 0.1) is 0 Å². The van der Waals surface area contributed by atoms with E-state index in [1.807, 2.05) is 19.1 Å². The highest BCUT2D eigenvalue weighted by Crippen LogP contribution is 2.26. The van der Waals surface area contributed by atoms with Gasteiger partial charge in [-0.2, -0.15) is 0 Å². The highest BCUT2D eigenvalue weighted by molar-refractivity contribution is 6.35. The fourth-order valence-electron chi connectivity index (χ4n) is 2.54. The minimum absolute atomic E-state index is 0.0714. The molecule has 0 aliphatic carbocycles. The molecule has 2 amide bonds. The summed E-state index contributed by atoms with van der Waals surface area (Å²) >= 11 is 11.9. The van der Waals surface area contributed by atoms with Crippen LogP contribution in [0.3, 0.4) is 0 Å². The Morgan fingerprint density at radius 3 is 2.59 bits per heavy atom. The lowest BCUT2D eigenvalue weighted by Crippen LogP contribution is -2.41. The lowest BCUT2D eigenvalue weighted by Gasteiger charge is -2.09. The largest absolute Gasteiger partial charge is 0.450 e. The van der Waals surface area contributed by atoms with Crippen molar-refractivity contribution < 1.29 is 18.7 Å². The summed E-state index contributed by atoms with van der Waals surface area (Å²) in [5.41, 5.74) is 5.95. The average molecular weight is 407 g/mol. The van der Waals surface area contributed by atoms with Crippen molar-refractivity contribution in [2.75, 3.05) is 6.61 Å². The predicted molar refractivity (Wildman–Crippen MR) is 103 cm³/mol. The summed E-state index contributed by atoms with van der Waals surface area (Å²) in [5, 5.41) is 1.35. The van der Waals surface area contributed by atoms with Crippen LogP contribution in [0.4, 0.5) is 0 Å². The molecule has 0 saturated heterocycles. The Kier molecular flexibility index (Phi) is 6.01. The number of ether oxygens (including phenoxy) is 1. The van der Waals surface area contributed by atoms with Gasteiger partial charge >= 0.3 is 5.91 Å². The molecular weight excluding hydrogens is 391 g/mol. The third-order valence-corrected chi connectivity index (χ3v) is 4.38. The molecule has 0 radical (unpaired) electrons. The highest BCUT2D eigenvalue weighted by Gasteiger charge is 2.21. The van der Waals surface area contributed by atoms with E-state index < -0.39 is 11.8 Å². The Bertz CT molecular complexity index is 1000. The van der Waals surface area contributed by atoms with E-state index in [2.05, 4.69) is 10.9 Å². The number of fused-ring (bicyclic) bond motifs is 1. The maximum absolute atomic E-state index is 12.6. The topological polar surface area (TPSA) is 80.6 Å². The van der Waals surface area contributed by atoms with Crippen molar-refractivity contribution in [1.29, 1.82) is 0 Å². The summed E-state index contributed by atoms with van der Waals surface area (Å²) in [6, 6.07) is 11.7. The van der Waals surface area contributed by atoms with Gasteiger partial charge < -0.3 is 9.15 Å². The number of rotatable bonds is 5. The van der Waals surface area contributed by atoms with Crippen LogP contribution in [-0.2, 0) is 11.3 Å². The van der Waals surface area contributed by atoms with Gasteiger partial charge in [-0.05, 0) is 31.2 Å². The minimum atomic E-state index is -0.604. The van der Waals surface area contributed by atoms with E-state index in [1.54, 1.807) is 18.2 Å². The number of carbonyl (C=O) groups is 2. The Balaban J connectivity index is 1.79. The molecule has 0 bridgehead atoms. The van der Waals surface area contributed by atoms with Gasteiger partial charge in [-0.25, -0.2) is 0 Å². The molecule has 3 aromatic rings. The molecule has 0 aliphatic rings. The first-order valence-corrected chi connectivity index (χ1v) is 8.90. The van der Waals surface area contributed by atoms with Crippen LogP contribution >= 0.6 is 23.2 Å². The molecule has 3 rings (SSSR count). The third kappa shape index (κ3) is 4.24. The van der Waals surface area contributed by atoms with E-state index in [0.717, 1.165) is 5.39 Å². The molecule has 0 unspecified atom stereocenters. The number of hydrazine groups is 1. The minimum Gasteiger partial charge on any atom is -0.450 e. The standard InChI is InChI=1S/C19H16Cl2N2O4/c1-2-26-10-14-12-5-3-4-6-16(12)27-17(14)19(25)23-22-18(24)13-9-11(20)7-8-15(13)21/h3-9H,2,10H2,1H3,(H,22,24)(H,23,25). The molecule has 1 aromatic heterocycles. The second kappa shape index (κ2) is 8.43. The monoisotopic (exact) mass is 406 g/mol. The molecule has 0 saturated carbocycles. The van der Waals surface area contributed by atoms with Gasteiger partial charge in [0.2, 0.25) is 0 Å². The van der Waals surface area contributed by atoms with Crippen LogP contribution in [0.25, 0.3) is 11.0 Å². The molecule has 0 fully saturated rings. The number of benzene rings is 2. The van der Waals surface area contributed by atoms with Gasteiger partial charge in [0.1, 0.15) is 5.58 Å². The summed E-state index contributed by atoms with van der Waals surface area (Å²) in [5.74, 6) is -1.13. The van der Waals surface area contributed by atoms with E-state index in [-0.39, 0.29) is 23.0 Å². The summed E-state index contributed by atoms with van der Waals surface area (Å²) in [6.07, 6.45) is 0. The third-order valence-electron chi connectivity index (χ3n) is 3.82. The van der Waals surface area contributed by atoms with Crippen molar-refractivity contribution in [1.82, 2.24) is 10.9 Å². The number of hydrogen-bond acceptors (Lipinski definition) is 4. The quantitative estimate of drug-likeness (QED) is 0.617. The van der Waals surface area contributed by atoms with Crippen LogP contribution in [0.5, 0.6) is 0 Å². The van der Waals surface area contributed by atoms with Crippen molar-refractivity contribution in [3.8, 4) is 0 Å². The van der Waals surface area contributed by atoms with Crippen molar-refractivity contribution in [3.05, 3.63) is 69.4 Å². The Morgan fingerprint density at radius 1 is 1.07 bits per heavy atom. The Morgan fingerprint density at radius 2 is 1.81 bits per heavy atom. The molecule has 0 spiro atoms. The smallest absolute Gasteiger partial charge is 0.305 e. The zero-order chi connectivity index (χ0) is 19.4. The van der Waals surface area contributed by atoms with Gasteiger partial charge in [0.25, 0.3) is 5.91 Å². The van der Waals surface area contributed by atoms with Crippen LogP contribution in [-0.4, -0.2) is 18.4 Å². The second-order valence-corrected chi connectivity index (χ2v) is 6.42. The van der Waals surface area contributed by atoms with Crippen molar-refractivity contribution in [2.45, 2.75) is 13.5 Å². The molecule has 27 heavy (non-hydrogen) atoms. The fraction of sp³-hybridized carbons (Fsp3) is 0.158. The molecule has 1 heterocycles. The molecule has 0 aliphatic heterocycles. The lowest BCUT2D eigenvalue weighted by molar-refractivity contribution is 0.0826. The van der Waals surface area contributed by atoms with Gasteiger partial charge in [0.15, 0.2) is 5.76 Å². The van der Waals surface area contributed by atoms with E-state index in [0.29, 0.717) is 22.8 Å². The highest BCUT2D eigenvalue weighted by atomic mass is 35.5. The van der Waals surface area contributed by atoms with Crippen molar-refractivity contribution in [2.24, 2.45) is 0 Å². The van der Waals surface area contributed by atoms with Crippen LogP contribution in [0.15, 0.2) is 46.9 Å². The molecule has 2 N–H and O–H groups in total. The Hall–Kier alpha value is -2.54. The number of halogens is 2. The van der Waals surface area contributed by atoms with E-state index in [4.69, 9.17) is 32.4 Å². The van der Waals surface area contributed by atoms with Crippen LogP contribution in [0.1, 0.15) is 33.4 Å². The van der Waals surface area contributed by atoms with Gasteiger partial charge in [-0.1, -0.05) is 41.4 Å². The first-order chi connectivity index (χ1) is 13.0. The maximum Gasteiger partial charge on any atom is 0.305 e. The normalized spacial score (nSPS) is 10.8. The maximum atomic E-state index is 12.6. The molecule has 0 atom stereocenters. The lowest BCUT2D eigenvalue weighted by atomic mass is 10.1. The first kappa shape index (κ1) is 19.2. The summed E-state index contributed by atoms with van der Waals surface area (Å²) in [7, 11) is 0. The summed E-state index contributed by atoms with van der Waals surface area (Å²) in [6.45, 7) is 2.56. The van der Waals surface area contributed by atoms with Crippen LogP contribution < -0.4 is 10.9 Å². The Labute approximate surface area is 165 Å². The van der Waals surface area contributed by atoms with Crippen molar-refractivity contribution >= 4 is 46.0 Å². The van der Waals surface area contributed by atoms with E-state index >= 15 is 0 Å². The zero-order valence-electron chi connectivity index (χ0n) is 14.3. The van der Waals surface area contributed by atoms with Gasteiger partial charge in [-0.15, -0.1) is 0 Å². The first-order valence-electron chi connectivity index (χ1n) is 8.15. The molecule has 6 nitrogen and oxygen atoms in total. The average Bonchev–Trinajstić information content (AvgIpc) is 3.04. The van der Waals surface area contributed by atoms with E-state index in [9.17, 15) is 9.59 Å². The number of amides is 2. The number of carbonyl (C=O) groups excluding carboxylic acids is 2. The molecule has 140 valence electrons. The summed E-state index contributed by atoms with van der Waals surface area (Å²) in [4.78, 5) is 24.8. The second-order valence-electron chi connectivity index (χ2n) is 5.58. The molecule has 2 aromatic carbocycles. The molecule has 8 heteroatoms. The predicted octanol–water partition coefficient (Wildman–Crippen LogP) is 4.35. The SMILES string of the molecule is CCOCc1c(C(=O)NNC(=O)c2cc(Cl)ccc2Cl)oc2ccccc12. The van der Waals surface area contributed by atoms with E-state index in [1.165, 1.54) is 12.1 Å².